The zero-order chi connectivity index (χ0) is 32.8. The largest absolute Gasteiger partial charge is 0.477 e. The summed E-state index contributed by atoms with van der Waals surface area (Å²) in [6.45, 7) is 8.86. The average molecular weight is 650 g/mol. The second-order valence-corrected chi connectivity index (χ2v) is 13.3. The molecule has 3 fully saturated rings. The lowest BCUT2D eigenvalue weighted by molar-refractivity contribution is -0.141. The molecule has 14 heteroatoms. The molecule has 2 bridgehead atoms. The molecule has 1 N–H and O–H groups in total. The maximum absolute atomic E-state index is 14.1. The molecule has 47 heavy (non-hydrogen) atoms. The number of nitrogens with one attached hydrogen (secondary N) is 1. The van der Waals surface area contributed by atoms with E-state index >= 15 is 0 Å². The van der Waals surface area contributed by atoms with Crippen LogP contribution in [0.4, 0.5) is 0 Å². The number of hydrogen-bond donors (Lipinski definition) is 1. The van der Waals surface area contributed by atoms with E-state index in [1.54, 1.807) is 30.2 Å². The number of carbonyl (C=O) groups excluding carboxylic acids is 4. The van der Waals surface area contributed by atoms with Crippen molar-refractivity contribution < 1.29 is 23.9 Å². The van der Waals surface area contributed by atoms with Gasteiger partial charge in [0.1, 0.15) is 11.6 Å². The Bertz CT molecular complexity index is 1420. The quantitative estimate of drug-likeness (QED) is 0.461. The molecule has 2 aromatic rings. The SMILES string of the molecule is CC(=O)N1CCN(C(=O)C[C@@H]2CCN3C[C@@H]2CCOc2ncccc2C(=O)N[C@H](Cc2cn(CCN4CCCCC4)nn2)C3=O)CC1. The summed E-state index contributed by atoms with van der Waals surface area (Å²) in [6.07, 6.45) is 9.09. The van der Waals surface area contributed by atoms with Crippen molar-refractivity contribution in [3.8, 4) is 5.88 Å². The molecule has 0 aromatic carbocycles. The minimum absolute atomic E-state index is 0.0328. The molecule has 6 heterocycles. The predicted molar refractivity (Wildman–Crippen MR) is 171 cm³/mol. The van der Waals surface area contributed by atoms with Crippen LogP contribution in [0.15, 0.2) is 24.5 Å². The summed E-state index contributed by atoms with van der Waals surface area (Å²) in [6, 6.07) is 2.48. The fourth-order valence-electron chi connectivity index (χ4n) is 7.32. The summed E-state index contributed by atoms with van der Waals surface area (Å²) in [5.74, 6) is -0.122. The number of aromatic nitrogens is 4. The molecule has 6 rings (SSSR count). The lowest BCUT2D eigenvalue weighted by Crippen LogP contribution is -2.54. The lowest BCUT2D eigenvalue weighted by atomic mass is 9.80. The molecule has 2 aromatic heterocycles. The number of hydrogen-bond acceptors (Lipinski definition) is 9. The summed E-state index contributed by atoms with van der Waals surface area (Å²) in [5, 5.41) is 11.6. The van der Waals surface area contributed by atoms with Crippen molar-refractivity contribution in [3.05, 3.63) is 35.8 Å². The van der Waals surface area contributed by atoms with Gasteiger partial charge in [0, 0.05) is 78.0 Å². The van der Waals surface area contributed by atoms with Gasteiger partial charge in [-0.15, -0.1) is 5.10 Å². The number of nitrogens with zero attached hydrogens (tertiary/aromatic N) is 8. The van der Waals surface area contributed by atoms with Crippen LogP contribution in [0.5, 0.6) is 5.88 Å². The normalized spacial score (nSPS) is 24.4. The standard InChI is InChI=1S/C33H47N9O5/c1-24(43)39-14-16-40(17-15-39)30(44)20-25-7-12-41-22-26(25)8-19-47-32-28(6-5-9-34-32)31(45)35-29(33(41)46)21-27-23-42(37-36-27)18-13-38-10-3-2-4-11-38/h5-6,9,23,25-26,29H,2-4,7-8,10-22H2,1H3,(H,35,45)/t25-,26-,29+/m0/s1. The van der Waals surface area contributed by atoms with Crippen molar-refractivity contribution in [3.63, 3.8) is 0 Å². The molecule has 14 nitrogen and oxygen atoms in total. The van der Waals surface area contributed by atoms with Gasteiger partial charge in [0.15, 0.2) is 0 Å². The molecule has 3 saturated heterocycles. The number of pyridine rings is 1. The number of ether oxygens (including phenoxy) is 1. The van der Waals surface area contributed by atoms with Gasteiger partial charge in [0.2, 0.25) is 23.6 Å². The maximum atomic E-state index is 14.1. The molecular formula is C33H47N9O5. The number of rotatable bonds is 7. The van der Waals surface area contributed by atoms with Crippen LogP contribution in [0.1, 0.15) is 61.5 Å². The highest BCUT2D eigenvalue weighted by atomic mass is 16.5. The van der Waals surface area contributed by atoms with Crippen LogP contribution in [-0.2, 0) is 27.3 Å². The van der Waals surface area contributed by atoms with Crippen LogP contribution >= 0.6 is 0 Å². The number of fused-ring (bicyclic) bond motifs is 3. The first-order valence-corrected chi connectivity index (χ1v) is 17.2. The third kappa shape index (κ3) is 8.27. The van der Waals surface area contributed by atoms with E-state index in [0.717, 1.165) is 19.6 Å². The topological polar surface area (TPSA) is 146 Å². The van der Waals surface area contributed by atoms with E-state index in [1.165, 1.54) is 19.3 Å². The van der Waals surface area contributed by atoms with Crippen LogP contribution in [0.3, 0.4) is 0 Å². The summed E-state index contributed by atoms with van der Waals surface area (Å²) in [5.41, 5.74) is 0.909. The van der Waals surface area contributed by atoms with Gasteiger partial charge in [0.25, 0.3) is 5.91 Å². The Morgan fingerprint density at radius 2 is 1.77 bits per heavy atom. The first-order valence-electron chi connectivity index (χ1n) is 17.2. The smallest absolute Gasteiger partial charge is 0.257 e. The minimum atomic E-state index is -0.848. The molecular weight excluding hydrogens is 602 g/mol. The number of carbonyl (C=O) groups is 4. The van der Waals surface area contributed by atoms with Crippen molar-refractivity contribution in [2.24, 2.45) is 11.8 Å². The highest BCUT2D eigenvalue weighted by molar-refractivity contribution is 5.99. The van der Waals surface area contributed by atoms with Crippen molar-refractivity contribution in [1.82, 2.24) is 44.9 Å². The lowest BCUT2D eigenvalue weighted by Gasteiger charge is -2.41. The van der Waals surface area contributed by atoms with E-state index in [9.17, 15) is 19.2 Å². The van der Waals surface area contributed by atoms with E-state index < -0.39 is 11.9 Å². The Hall–Kier alpha value is -4.07. The summed E-state index contributed by atoms with van der Waals surface area (Å²) in [7, 11) is 0. The molecule has 0 radical (unpaired) electrons. The Morgan fingerprint density at radius 1 is 0.979 bits per heavy atom. The van der Waals surface area contributed by atoms with Gasteiger partial charge in [0.05, 0.1) is 18.8 Å². The molecule has 3 atom stereocenters. The van der Waals surface area contributed by atoms with Crippen molar-refractivity contribution in [2.75, 3.05) is 65.5 Å². The van der Waals surface area contributed by atoms with Crippen molar-refractivity contribution in [1.29, 1.82) is 0 Å². The monoisotopic (exact) mass is 649 g/mol. The fourth-order valence-corrected chi connectivity index (χ4v) is 7.32. The van der Waals surface area contributed by atoms with Crippen molar-refractivity contribution >= 4 is 23.6 Å². The summed E-state index contributed by atoms with van der Waals surface area (Å²) < 4.78 is 7.87. The second kappa shape index (κ2) is 15.2. The Labute approximate surface area is 275 Å². The third-order valence-electron chi connectivity index (χ3n) is 10.2. The predicted octanol–water partition coefficient (Wildman–Crippen LogP) is 0.828. The average Bonchev–Trinajstić information content (AvgIpc) is 3.54. The van der Waals surface area contributed by atoms with Gasteiger partial charge in [-0.3, -0.25) is 23.9 Å². The molecule has 0 unspecified atom stereocenters. The van der Waals surface area contributed by atoms with Gasteiger partial charge in [-0.2, -0.15) is 0 Å². The highest BCUT2D eigenvalue weighted by Crippen LogP contribution is 2.31. The van der Waals surface area contributed by atoms with Crippen molar-refractivity contribution in [2.45, 2.75) is 64.5 Å². The fraction of sp³-hybridized carbons (Fsp3) is 0.667. The molecule has 4 aliphatic rings. The van der Waals surface area contributed by atoms with Crippen LogP contribution in [-0.4, -0.2) is 135 Å². The first-order chi connectivity index (χ1) is 22.8. The Kier molecular flexibility index (Phi) is 10.6. The second-order valence-electron chi connectivity index (χ2n) is 13.3. The van der Waals surface area contributed by atoms with Gasteiger partial charge in [-0.05, 0) is 62.7 Å². The molecule has 254 valence electrons. The van der Waals surface area contributed by atoms with Gasteiger partial charge in [-0.1, -0.05) is 11.6 Å². The molecule has 4 aliphatic heterocycles. The van der Waals surface area contributed by atoms with Gasteiger partial charge < -0.3 is 29.7 Å². The first kappa shape index (κ1) is 32.9. The molecule has 0 saturated carbocycles. The van der Waals surface area contributed by atoms with E-state index in [0.29, 0.717) is 77.4 Å². The van der Waals surface area contributed by atoms with Gasteiger partial charge >= 0.3 is 0 Å². The van der Waals surface area contributed by atoms with E-state index in [-0.39, 0.29) is 47.4 Å². The van der Waals surface area contributed by atoms with Crippen LogP contribution in [0.25, 0.3) is 0 Å². The number of piperidine rings is 2. The van der Waals surface area contributed by atoms with Crippen LogP contribution < -0.4 is 10.1 Å². The number of likely N-dealkylation sites (tertiary alicyclic amines) is 1. The zero-order valence-corrected chi connectivity index (χ0v) is 27.4. The van der Waals surface area contributed by atoms with Crippen LogP contribution in [0.2, 0.25) is 0 Å². The highest BCUT2D eigenvalue weighted by Gasteiger charge is 2.37. The molecule has 4 amide bonds. The maximum Gasteiger partial charge on any atom is 0.257 e. The number of amides is 4. The van der Waals surface area contributed by atoms with E-state index in [2.05, 4.69) is 25.5 Å². The van der Waals surface area contributed by atoms with E-state index in [4.69, 9.17) is 4.74 Å². The summed E-state index contributed by atoms with van der Waals surface area (Å²) >= 11 is 0. The molecule has 0 spiro atoms. The third-order valence-corrected chi connectivity index (χ3v) is 10.2. The summed E-state index contributed by atoms with van der Waals surface area (Å²) in [4.78, 5) is 65.0. The van der Waals surface area contributed by atoms with E-state index in [1.807, 2.05) is 20.7 Å². The number of piperazine rings is 1. The Morgan fingerprint density at radius 3 is 2.55 bits per heavy atom. The zero-order valence-electron chi connectivity index (χ0n) is 27.4. The van der Waals surface area contributed by atoms with Crippen LogP contribution in [0, 0.1) is 11.8 Å². The minimum Gasteiger partial charge on any atom is -0.477 e. The molecule has 0 aliphatic carbocycles. The van der Waals surface area contributed by atoms with Gasteiger partial charge in [-0.25, -0.2) is 4.98 Å². The Balaban J connectivity index is 1.15.